The Kier molecular flexibility index (Phi) is 10.7. The van der Waals surface area contributed by atoms with Crippen LogP contribution in [0.3, 0.4) is 0 Å². The maximum absolute atomic E-state index is 13.3. The predicted octanol–water partition coefficient (Wildman–Crippen LogP) is 6.28. The summed E-state index contributed by atoms with van der Waals surface area (Å²) in [6, 6.07) is 9.59. The lowest BCUT2D eigenvalue weighted by molar-refractivity contribution is -0.136. The lowest BCUT2D eigenvalue weighted by Crippen LogP contribution is -2.38. The zero-order valence-electron chi connectivity index (χ0n) is 23.8. The number of anilines is 1. The van der Waals surface area contributed by atoms with Gasteiger partial charge in [0.1, 0.15) is 11.5 Å². The molecule has 0 aliphatic heterocycles. The van der Waals surface area contributed by atoms with Crippen LogP contribution in [0.15, 0.2) is 36.4 Å². The van der Waals surface area contributed by atoms with Crippen LogP contribution >= 0.6 is 11.6 Å². The first-order chi connectivity index (χ1) is 18.9. The highest BCUT2D eigenvalue weighted by Crippen LogP contribution is 2.43. The van der Waals surface area contributed by atoms with Crippen molar-refractivity contribution in [1.29, 1.82) is 0 Å². The minimum atomic E-state index is -0.974. The number of benzene rings is 2. The maximum atomic E-state index is 13.3. The van der Waals surface area contributed by atoms with E-state index < -0.39 is 12.0 Å². The fourth-order valence-corrected chi connectivity index (χ4v) is 5.52. The first kappa shape index (κ1) is 31.1. The monoisotopic (exact) mass is 573 g/mol. The second-order valence-corrected chi connectivity index (χ2v) is 11.7. The molecule has 1 fully saturated rings. The zero-order chi connectivity index (χ0) is 29.4. The lowest BCUT2D eigenvalue weighted by Gasteiger charge is -2.39. The summed E-state index contributed by atoms with van der Waals surface area (Å²) < 4.78 is 10.7. The molecule has 4 N–H and O–H groups in total. The van der Waals surface area contributed by atoms with Crippen LogP contribution in [0.1, 0.15) is 74.8 Å². The average Bonchev–Trinajstić information content (AvgIpc) is 2.91. The Balaban J connectivity index is 1.80. The minimum absolute atomic E-state index is 0.0517. The molecule has 0 saturated heterocycles. The highest BCUT2D eigenvalue weighted by Gasteiger charge is 2.34. The topological polar surface area (TPSA) is 126 Å². The summed E-state index contributed by atoms with van der Waals surface area (Å²) in [7, 11) is 3.01. The Morgan fingerprint density at radius 3 is 2.17 bits per heavy atom. The fourth-order valence-electron chi connectivity index (χ4n) is 5.28. The number of aliphatic carboxylic acids is 1. The highest BCUT2D eigenvalue weighted by molar-refractivity contribution is 6.32. The van der Waals surface area contributed by atoms with Crippen molar-refractivity contribution in [3.05, 3.63) is 52.5 Å². The number of rotatable bonds is 10. The van der Waals surface area contributed by atoms with E-state index in [0.717, 1.165) is 31.2 Å². The van der Waals surface area contributed by atoms with Crippen LogP contribution in [0, 0.1) is 17.3 Å². The van der Waals surface area contributed by atoms with E-state index in [9.17, 15) is 14.4 Å². The number of carbonyl (C=O) groups is 3. The van der Waals surface area contributed by atoms with E-state index in [0.29, 0.717) is 33.7 Å². The summed E-state index contributed by atoms with van der Waals surface area (Å²) in [5, 5.41) is 17.8. The summed E-state index contributed by atoms with van der Waals surface area (Å²) >= 11 is 6.29. The number of ether oxygens (including phenoxy) is 2. The van der Waals surface area contributed by atoms with Gasteiger partial charge in [0.2, 0.25) is 0 Å². The molecule has 3 amide bonds. The van der Waals surface area contributed by atoms with Gasteiger partial charge in [-0.05, 0) is 66.7 Å². The molecule has 1 aliphatic rings. The van der Waals surface area contributed by atoms with Gasteiger partial charge < -0.3 is 30.5 Å². The minimum Gasteiger partial charge on any atom is -0.495 e. The number of amides is 3. The van der Waals surface area contributed by atoms with Crippen molar-refractivity contribution in [2.75, 3.05) is 26.1 Å². The van der Waals surface area contributed by atoms with Gasteiger partial charge >= 0.3 is 12.0 Å². The second kappa shape index (κ2) is 13.7. The molecule has 218 valence electrons. The number of hydrogen-bond donors (Lipinski definition) is 4. The van der Waals surface area contributed by atoms with Crippen LogP contribution in [0.4, 0.5) is 10.5 Å². The zero-order valence-corrected chi connectivity index (χ0v) is 24.6. The molecule has 0 heterocycles. The third-order valence-corrected chi connectivity index (χ3v) is 7.93. The number of halogens is 1. The molecule has 1 saturated carbocycles. The van der Waals surface area contributed by atoms with Crippen molar-refractivity contribution in [2.45, 2.75) is 58.9 Å². The molecular formula is C30H40ClN3O6. The second-order valence-electron chi connectivity index (χ2n) is 11.3. The van der Waals surface area contributed by atoms with Crippen LogP contribution in [0.5, 0.6) is 11.5 Å². The van der Waals surface area contributed by atoms with Crippen molar-refractivity contribution in [3.63, 3.8) is 0 Å². The van der Waals surface area contributed by atoms with E-state index in [4.69, 9.17) is 26.2 Å². The Morgan fingerprint density at radius 2 is 1.62 bits per heavy atom. The third kappa shape index (κ3) is 8.27. The Hall–Kier alpha value is -3.46. The normalized spacial score (nSPS) is 17.9. The highest BCUT2D eigenvalue weighted by atomic mass is 35.5. The molecule has 10 heteroatoms. The number of carboxylic acid groups (broad SMARTS) is 1. The number of methoxy groups -OCH3 is 2. The van der Waals surface area contributed by atoms with Crippen molar-refractivity contribution in [2.24, 2.45) is 17.3 Å². The quantitative estimate of drug-likeness (QED) is 0.265. The van der Waals surface area contributed by atoms with E-state index in [1.54, 1.807) is 24.3 Å². The standard InChI is InChI=1S/C30H40ClN3O6/c1-30(2,3)21-12-10-19(11-13-21)27(18-6-8-20(9-7-18)28(37)32-15-14-26(35)36)34-29(38)33-23-16-22(31)24(39-4)17-25(23)40-5/h6-9,16-17,19,21,27H,10-15H2,1-5H3,(H,32,37)(H,35,36)(H2,33,34,38). The van der Waals surface area contributed by atoms with Crippen LogP contribution in [-0.4, -0.2) is 43.8 Å². The van der Waals surface area contributed by atoms with Gasteiger partial charge in [-0.25, -0.2) is 4.79 Å². The largest absolute Gasteiger partial charge is 0.495 e. The number of urea groups is 1. The number of nitrogens with one attached hydrogen (secondary N) is 3. The van der Waals surface area contributed by atoms with Gasteiger partial charge in [0, 0.05) is 18.2 Å². The Labute approximate surface area is 241 Å². The average molecular weight is 574 g/mol. The van der Waals surface area contributed by atoms with E-state index in [-0.39, 0.29) is 36.2 Å². The van der Waals surface area contributed by atoms with Crippen molar-refractivity contribution >= 4 is 35.2 Å². The molecule has 2 aromatic carbocycles. The fraction of sp³-hybridized carbons (Fsp3) is 0.500. The van der Waals surface area contributed by atoms with Gasteiger partial charge in [0.05, 0.1) is 37.4 Å². The van der Waals surface area contributed by atoms with Crippen LogP contribution in [0.2, 0.25) is 5.02 Å². The van der Waals surface area contributed by atoms with Gasteiger partial charge in [0.25, 0.3) is 5.91 Å². The predicted molar refractivity (Wildman–Crippen MR) is 155 cm³/mol. The molecule has 9 nitrogen and oxygen atoms in total. The van der Waals surface area contributed by atoms with E-state index in [1.807, 2.05) is 12.1 Å². The summed E-state index contributed by atoms with van der Waals surface area (Å²) in [4.78, 5) is 36.5. The molecule has 1 atom stereocenters. The smallest absolute Gasteiger partial charge is 0.319 e. The molecule has 0 bridgehead atoms. The van der Waals surface area contributed by atoms with Gasteiger partial charge in [0.15, 0.2) is 0 Å². The summed E-state index contributed by atoms with van der Waals surface area (Å²) in [6.45, 7) is 6.87. The first-order valence-electron chi connectivity index (χ1n) is 13.5. The van der Waals surface area contributed by atoms with Crippen molar-refractivity contribution in [3.8, 4) is 11.5 Å². The van der Waals surface area contributed by atoms with E-state index in [2.05, 4.69) is 36.7 Å². The molecule has 0 radical (unpaired) electrons. The van der Waals surface area contributed by atoms with Gasteiger partial charge in [-0.2, -0.15) is 0 Å². The molecule has 0 spiro atoms. The molecule has 1 aliphatic carbocycles. The van der Waals surface area contributed by atoms with Gasteiger partial charge in [-0.1, -0.05) is 44.5 Å². The summed E-state index contributed by atoms with van der Waals surface area (Å²) in [5.74, 6) is 0.353. The van der Waals surface area contributed by atoms with Crippen molar-refractivity contribution < 1.29 is 29.0 Å². The van der Waals surface area contributed by atoms with Gasteiger partial charge in [-0.15, -0.1) is 0 Å². The first-order valence-corrected chi connectivity index (χ1v) is 13.9. The van der Waals surface area contributed by atoms with E-state index in [1.165, 1.54) is 14.2 Å². The maximum Gasteiger partial charge on any atom is 0.319 e. The molecule has 1 unspecified atom stereocenters. The molecule has 40 heavy (non-hydrogen) atoms. The number of carboxylic acids is 1. The Bertz CT molecular complexity index is 1190. The van der Waals surface area contributed by atoms with Crippen molar-refractivity contribution in [1.82, 2.24) is 10.6 Å². The van der Waals surface area contributed by atoms with Crippen LogP contribution in [0.25, 0.3) is 0 Å². The van der Waals surface area contributed by atoms with E-state index >= 15 is 0 Å². The van der Waals surface area contributed by atoms with Crippen LogP contribution < -0.4 is 25.4 Å². The summed E-state index contributed by atoms with van der Waals surface area (Å²) in [6.07, 6.45) is 3.91. The third-order valence-electron chi connectivity index (χ3n) is 7.63. The van der Waals surface area contributed by atoms with Gasteiger partial charge in [-0.3, -0.25) is 9.59 Å². The SMILES string of the molecule is COc1cc(OC)c(NC(=O)NC(c2ccc(C(=O)NCCC(=O)O)cc2)C2CCC(C(C)(C)C)CC2)cc1Cl. The Morgan fingerprint density at radius 1 is 1.00 bits per heavy atom. The molecule has 3 rings (SSSR count). The lowest BCUT2D eigenvalue weighted by atomic mass is 9.68. The summed E-state index contributed by atoms with van der Waals surface area (Å²) in [5.41, 5.74) is 1.95. The van der Waals surface area contributed by atoms with Crippen LogP contribution in [-0.2, 0) is 4.79 Å². The molecule has 0 aromatic heterocycles. The number of hydrogen-bond acceptors (Lipinski definition) is 5. The molecular weight excluding hydrogens is 534 g/mol. The molecule has 2 aromatic rings. The number of carbonyl (C=O) groups excluding carboxylic acids is 2.